The maximum Gasteiger partial charge on any atom is 0.261 e. The molecule has 2 aromatic carbocycles. The van der Waals surface area contributed by atoms with E-state index in [4.69, 9.17) is 9.47 Å². The molecule has 11 nitrogen and oxygen atoms in total. The minimum atomic E-state index is -4.10. The van der Waals surface area contributed by atoms with Crippen LogP contribution < -0.4 is 9.46 Å². The molecule has 0 bridgehead atoms. The standard InChI is InChI=1S/C34H43FN4O7S/c1-23-20-39(24(2)22-40)34(42)30-19-28(37-47(43,44)29-11-8-27(35)9-12-29)10-13-31(30)46-25(3)7-5-6-18-45-32(23)21-38(4)33(41)26-14-16-36-17-15-26/h8-17,19,23-25,32,37,40H,5-7,18,20-22H2,1-4H3/t23-,24-,25-,32+/m0/s1. The second-order valence-corrected chi connectivity index (χ2v) is 13.7. The minimum Gasteiger partial charge on any atom is -0.490 e. The number of halogens is 1. The summed E-state index contributed by atoms with van der Waals surface area (Å²) in [5.74, 6) is -1.22. The lowest BCUT2D eigenvalue weighted by molar-refractivity contribution is -0.0149. The van der Waals surface area contributed by atoms with Gasteiger partial charge in [0, 0.05) is 56.3 Å². The van der Waals surface area contributed by atoms with Gasteiger partial charge in [0.2, 0.25) is 0 Å². The third-order valence-electron chi connectivity index (χ3n) is 8.16. The van der Waals surface area contributed by atoms with Crippen molar-refractivity contribution in [3.63, 3.8) is 0 Å². The number of rotatable bonds is 8. The zero-order chi connectivity index (χ0) is 34.1. The number of aliphatic hydroxyl groups is 1. The second-order valence-electron chi connectivity index (χ2n) is 12.0. The number of sulfonamides is 1. The first-order chi connectivity index (χ1) is 22.4. The number of nitrogens with zero attached hydrogens (tertiary/aromatic N) is 3. The molecule has 1 aliphatic rings. The van der Waals surface area contributed by atoms with Gasteiger partial charge in [-0.15, -0.1) is 0 Å². The van der Waals surface area contributed by atoms with Crippen LogP contribution in [0, 0.1) is 11.7 Å². The number of pyridine rings is 1. The number of carbonyl (C=O) groups excluding carboxylic acids is 2. The molecule has 4 atom stereocenters. The monoisotopic (exact) mass is 670 g/mol. The van der Waals surface area contributed by atoms with Gasteiger partial charge in [-0.25, -0.2) is 12.8 Å². The molecule has 4 rings (SSSR count). The molecule has 0 saturated carbocycles. The van der Waals surface area contributed by atoms with Gasteiger partial charge in [0.05, 0.1) is 35.3 Å². The van der Waals surface area contributed by atoms with Gasteiger partial charge in [-0.3, -0.25) is 19.3 Å². The highest BCUT2D eigenvalue weighted by molar-refractivity contribution is 7.92. The first-order valence-corrected chi connectivity index (χ1v) is 17.2. The number of ether oxygens (including phenoxy) is 2. The first kappa shape index (κ1) is 35.8. The summed E-state index contributed by atoms with van der Waals surface area (Å²) in [7, 11) is -2.40. The van der Waals surface area contributed by atoms with E-state index in [1.54, 1.807) is 49.5 Å². The first-order valence-electron chi connectivity index (χ1n) is 15.7. The fraction of sp³-hybridized carbons (Fsp3) is 0.441. The number of benzene rings is 2. The van der Waals surface area contributed by atoms with Crippen molar-refractivity contribution in [2.24, 2.45) is 5.92 Å². The fourth-order valence-corrected chi connectivity index (χ4v) is 6.39. The van der Waals surface area contributed by atoms with Gasteiger partial charge < -0.3 is 24.4 Å². The summed E-state index contributed by atoms with van der Waals surface area (Å²) in [4.78, 5) is 34.4. The van der Waals surface area contributed by atoms with Crippen LogP contribution in [-0.4, -0.2) is 91.7 Å². The predicted molar refractivity (Wildman–Crippen MR) is 175 cm³/mol. The van der Waals surface area contributed by atoms with Crippen LogP contribution >= 0.6 is 0 Å². The Labute approximate surface area is 275 Å². The van der Waals surface area contributed by atoms with E-state index in [9.17, 15) is 27.5 Å². The quantitative estimate of drug-likeness (QED) is 0.355. The van der Waals surface area contributed by atoms with E-state index in [2.05, 4.69) is 9.71 Å². The second kappa shape index (κ2) is 16.2. The van der Waals surface area contributed by atoms with E-state index in [0.717, 1.165) is 37.1 Å². The van der Waals surface area contributed by atoms with Gasteiger partial charge in [-0.1, -0.05) is 6.92 Å². The van der Waals surface area contributed by atoms with E-state index in [-0.39, 0.29) is 59.5 Å². The Balaban J connectivity index is 1.66. The number of aliphatic hydroxyl groups excluding tert-OH is 1. The molecule has 2 heterocycles. The molecule has 0 unspecified atom stereocenters. The van der Waals surface area contributed by atoms with Crippen LogP contribution in [0.2, 0.25) is 0 Å². The third-order valence-corrected chi connectivity index (χ3v) is 9.55. The van der Waals surface area contributed by atoms with Gasteiger partial charge in [0.1, 0.15) is 11.6 Å². The summed E-state index contributed by atoms with van der Waals surface area (Å²) < 4.78 is 54.6. The molecule has 0 aliphatic carbocycles. The average Bonchev–Trinajstić information content (AvgIpc) is 3.06. The number of fused-ring (bicyclic) bond motifs is 1. The van der Waals surface area contributed by atoms with Crippen LogP contribution in [-0.2, 0) is 14.8 Å². The molecule has 1 aliphatic heterocycles. The van der Waals surface area contributed by atoms with Crippen LogP contribution in [0.3, 0.4) is 0 Å². The molecule has 13 heteroatoms. The van der Waals surface area contributed by atoms with E-state index in [1.165, 1.54) is 17.0 Å². The highest BCUT2D eigenvalue weighted by Crippen LogP contribution is 2.29. The van der Waals surface area contributed by atoms with E-state index in [1.807, 2.05) is 13.8 Å². The number of hydrogen-bond acceptors (Lipinski definition) is 8. The number of hydrogen-bond donors (Lipinski definition) is 2. The molecule has 254 valence electrons. The molecular formula is C34H43FN4O7S. The van der Waals surface area contributed by atoms with E-state index >= 15 is 0 Å². The van der Waals surface area contributed by atoms with Gasteiger partial charge in [-0.2, -0.15) is 0 Å². The van der Waals surface area contributed by atoms with Crippen LogP contribution in [0.5, 0.6) is 5.75 Å². The Morgan fingerprint density at radius 2 is 1.83 bits per heavy atom. The topological polar surface area (TPSA) is 138 Å². The van der Waals surface area contributed by atoms with Crippen molar-refractivity contribution in [1.82, 2.24) is 14.8 Å². The molecule has 1 aromatic heterocycles. The SMILES string of the molecule is C[C@H]1CCCCO[C@H](CN(C)C(=O)c2ccncc2)[C@@H](C)CN([C@@H](C)CO)C(=O)c2cc(NS(=O)(=O)c3ccc(F)cc3)ccc2O1. The summed E-state index contributed by atoms with van der Waals surface area (Å²) in [5.41, 5.74) is 0.724. The zero-order valence-corrected chi connectivity index (χ0v) is 28.0. The van der Waals surface area contributed by atoms with Crippen LogP contribution in [0.15, 0.2) is 71.9 Å². The van der Waals surface area contributed by atoms with E-state index < -0.39 is 33.9 Å². The summed E-state index contributed by atoms with van der Waals surface area (Å²) in [6.07, 6.45) is 4.64. The summed E-state index contributed by atoms with van der Waals surface area (Å²) in [6.45, 7) is 6.10. The van der Waals surface area contributed by atoms with Gasteiger partial charge in [0.15, 0.2) is 0 Å². The van der Waals surface area contributed by atoms with Crippen molar-refractivity contribution in [2.45, 2.75) is 63.2 Å². The third kappa shape index (κ3) is 9.49. The van der Waals surface area contributed by atoms with Crippen LogP contribution in [0.1, 0.15) is 60.7 Å². The van der Waals surface area contributed by atoms with E-state index in [0.29, 0.717) is 18.6 Å². The molecule has 3 aromatic rings. The van der Waals surface area contributed by atoms with Gasteiger partial charge >= 0.3 is 0 Å². The maximum absolute atomic E-state index is 14.3. The molecule has 0 spiro atoms. The number of nitrogens with one attached hydrogen (secondary N) is 1. The highest BCUT2D eigenvalue weighted by atomic mass is 32.2. The fourth-order valence-electron chi connectivity index (χ4n) is 5.34. The number of carbonyl (C=O) groups is 2. The van der Waals surface area contributed by atoms with Gasteiger partial charge in [0.25, 0.3) is 21.8 Å². The molecule has 0 radical (unpaired) electrons. The summed E-state index contributed by atoms with van der Waals surface area (Å²) in [5, 5.41) is 10.2. The Hall–Kier alpha value is -4.07. The number of anilines is 1. The molecule has 2 N–H and O–H groups in total. The predicted octanol–water partition coefficient (Wildman–Crippen LogP) is 4.59. The normalized spacial score (nSPS) is 20.3. The zero-order valence-electron chi connectivity index (χ0n) is 27.1. The molecule has 0 fully saturated rings. The van der Waals surface area contributed by atoms with Crippen molar-refractivity contribution in [2.75, 3.05) is 38.1 Å². The lowest BCUT2D eigenvalue weighted by Gasteiger charge is -2.36. The molecular weight excluding hydrogens is 627 g/mol. The Bertz CT molecular complexity index is 1610. The Morgan fingerprint density at radius 3 is 2.51 bits per heavy atom. The van der Waals surface area contributed by atoms with Gasteiger partial charge in [-0.05, 0) is 87.7 Å². The number of amides is 2. The average molecular weight is 671 g/mol. The summed E-state index contributed by atoms with van der Waals surface area (Å²) in [6, 6.07) is 11.6. The largest absolute Gasteiger partial charge is 0.490 e. The van der Waals surface area contributed by atoms with Crippen molar-refractivity contribution in [1.29, 1.82) is 0 Å². The highest BCUT2D eigenvalue weighted by Gasteiger charge is 2.31. The summed E-state index contributed by atoms with van der Waals surface area (Å²) >= 11 is 0. The van der Waals surface area contributed by atoms with Crippen molar-refractivity contribution in [3.8, 4) is 5.75 Å². The van der Waals surface area contributed by atoms with Crippen molar-refractivity contribution in [3.05, 3.63) is 83.9 Å². The molecule has 0 saturated heterocycles. The minimum absolute atomic E-state index is 0.112. The van der Waals surface area contributed by atoms with Crippen molar-refractivity contribution < 1.29 is 37.0 Å². The Morgan fingerprint density at radius 1 is 1.13 bits per heavy atom. The number of likely N-dealkylation sites (N-methyl/N-ethyl adjacent to an activating group) is 1. The van der Waals surface area contributed by atoms with Crippen LogP contribution in [0.25, 0.3) is 0 Å². The smallest absolute Gasteiger partial charge is 0.261 e. The van der Waals surface area contributed by atoms with Crippen LogP contribution in [0.4, 0.5) is 10.1 Å². The maximum atomic E-state index is 14.3. The lowest BCUT2D eigenvalue weighted by Crippen LogP contribution is -2.48. The number of aromatic nitrogens is 1. The van der Waals surface area contributed by atoms with Crippen molar-refractivity contribution >= 4 is 27.5 Å². The lowest BCUT2D eigenvalue weighted by atomic mass is 10.0. The Kier molecular flexibility index (Phi) is 12.3. The molecule has 47 heavy (non-hydrogen) atoms. The molecule has 2 amide bonds.